The molecule has 194 valence electrons. The molecule has 3 aromatic rings. The van der Waals surface area contributed by atoms with Gasteiger partial charge in [-0.25, -0.2) is 13.6 Å². The van der Waals surface area contributed by atoms with Crippen LogP contribution in [-0.4, -0.2) is 26.8 Å². The van der Waals surface area contributed by atoms with E-state index < -0.39 is 10.0 Å². The van der Waals surface area contributed by atoms with Crippen LogP contribution in [0.4, 0.5) is 0 Å². The van der Waals surface area contributed by atoms with Crippen molar-refractivity contribution in [3.63, 3.8) is 0 Å². The molecule has 0 heterocycles. The van der Waals surface area contributed by atoms with E-state index in [1.54, 1.807) is 18.2 Å². The van der Waals surface area contributed by atoms with Crippen LogP contribution in [0.25, 0.3) is 11.1 Å². The van der Waals surface area contributed by atoms with E-state index in [9.17, 15) is 18.0 Å². The van der Waals surface area contributed by atoms with Gasteiger partial charge in [0.1, 0.15) is 0 Å². The number of benzene rings is 3. The number of rotatable bonds is 9. The third-order valence-corrected chi connectivity index (χ3v) is 8.24. The van der Waals surface area contributed by atoms with Crippen LogP contribution in [0.5, 0.6) is 0 Å². The summed E-state index contributed by atoms with van der Waals surface area (Å²) in [6, 6.07) is 21.9. The summed E-state index contributed by atoms with van der Waals surface area (Å²) >= 11 is 3.42. The van der Waals surface area contributed by atoms with E-state index in [4.69, 9.17) is 5.14 Å². The first-order valence-corrected chi connectivity index (χ1v) is 14.6. The maximum absolute atomic E-state index is 12.9. The van der Waals surface area contributed by atoms with E-state index in [2.05, 4.69) is 26.6 Å². The molecule has 0 aliphatic heterocycles. The van der Waals surface area contributed by atoms with Crippen molar-refractivity contribution in [3.05, 3.63) is 88.4 Å². The van der Waals surface area contributed by atoms with Gasteiger partial charge in [0.25, 0.3) is 0 Å². The zero-order valence-corrected chi connectivity index (χ0v) is 22.7. The fraction of sp³-hybridized carbons (Fsp3) is 0.286. The second-order valence-electron chi connectivity index (χ2n) is 9.27. The van der Waals surface area contributed by atoms with Crippen LogP contribution in [0.3, 0.4) is 0 Å². The van der Waals surface area contributed by atoms with Gasteiger partial charge in [-0.1, -0.05) is 76.9 Å². The van der Waals surface area contributed by atoms with Crippen molar-refractivity contribution in [1.29, 1.82) is 0 Å². The predicted octanol–water partition coefficient (Wildman–Crippen LogP) is 4.15. The van der Waals surface area contributed by atoms with Crippen LogP contribution in [0.2, 0.25) is 0 Å². The van der Waals surface area contributed by atoms with E-state index in [1.807, 2.05) is 48.5 Å². The largest absolute Gasteiger partial charge is 0.356 e. The van der Waals surface area contributed by atoms with Gasteiger partial charge in [-0.3, -0.25) is 9.59 Å². The topological polar surface area (TPSA) is 118 Å². The van der Waals surface area contributed by atoms with Crippen molar-refractivity contribution in [3.8, 4) is 11.1 Å². The Morgan fingerprint density at radius 3 is 2.08 bits per heavy atom. The highest BCUT2D eigenvalue weighted by molar-refractivity contribution is 9.10. The van der Waals surface area contributed by atoms with Gasteiger partial charge >= 0.3 is 0 Å². The van der Waals surface area contributed by atoms with Crippen LogP contribution in [0.15, 0.2) is 82.2 Å². The van der Waals surface area contributed by atoms with Gasteiger partial charge in [0, 0.05) is 35.0 Å². The molecule has 2 atom stereocenters. The molecule has 1 saturated carbocycles. The molecule has 37 heavy (non-hydrogen) atoms. The van der Waals surface area contributed by atoms with E-state index in [1.165, 1.54) is 6.07 Å². The molecule has 0 spiro atoms. The smallest absolute Gasteiger partial charge is 0.238 e. The van der Waals surface area contributed by atoms with Gasteiger partial charge in [-0.05, 0) is 54.2 Å². The molecule has 3 aromatic carbocycles. The number of hydrogen-bond donors (Lipinski definition) is 3. The van der Waals surface area contributed by atoms with Gasteiger partial charge in [0.15, 0.2) is 0 Å². The number of sulfonamides is 1. The summed E-state index contributed by atoms with van der Waals surface area (Å²) in [7, 11) is -3.85. The van der Waals surface area contributed by atoms with E-state index in [-0.39, 0.29) is 28.5 Å². The molecule has 4 N–H and O–H groups in total. The molecule has 1 aliphatic carbocycles. The minimum absolute atomic E-state index is 0.0624. The molecule has 0 bridgehead atoms. The van der Waals surface area contributed by atoms with Crippen molar-refractivity contribution < 1.29 is 18.0 Å². The number of nitrogens with two attached hydrogens (primary N) is 1. The van der Waals surface area contributed by atoms with Crippen LogP contribution < -0.4 is 15.8 Å². The molecule has 0 aromatic heterocycles. The Balaban J connectivity index is 1.30. The van der Waals surface area contributed by atoms with Gasteiger partial charge in [-0.2, -0.15) is 0 Å². The first-order chi connectivity index (χ1) is 17.7. The van der Waals surface area contributed by atoms with Gasteiger partial charge in [0.05, 0.1) is 4.90 Å². The minimum atomic E-state index is -3.85. The minimum Gasteiger partial charge on any atom is -0.356 e. The van der Waals surface area contributed by atoms with Crippen molar-refractivity contribution in [2.24, 2.45) is 17.0 Å². The lowest BCUT2D eigenvalue weighted by Crippen LogP contribution is -2.40. The Kier molecular flexibility index (Phi) is 8.79. The van der Waals surface area contributed by atoms with Gasteiger partial charge in [0.2, 0.25) is 21.8 Å². The number of primary sulfonamides is 1. The van der Waals surface area contributed by atoms with Gasteiger partial charge < -0.3 is 10.6 Å². The average Bonchev–Trinajstić information content (AvgIpc) is 3.39. The quantitative estimate of drug-likeness (QED) is 0.350. The average molecular weight is 585 g/mol. The summed E-state index contributed by atoms with van der Waals surface area (Å²) < 4.78 is 24.8. The first-order valence-electron chi connectivity index (χ1n) is 12.2. The number of carbonyl (C=O) groups excluding carboxylic acids is 2. The number of halogens is 1. The molecule has 0 unspecified atom stereocenters. The Morgan fingerprint density at radius 2 is 1.43 bits per heavy atom. The predicted molar refractivity (Wildman–Crippen MR) is 147 cm³/mol. The molecular formula is C28H30BrN3O4S. The molecule has 4 rings (SSSR count). The summed E-state index contributed by atoms with van der Waals surface area (Å²) in [6.45, 7) is 0.858. The summed E-state index contributed by atoms with van der Waals surface area (Å²) in [5.74, 6) is -0.836. The summed E-state index contributed by atoms with van der Waals surface area (Å²) in [5, 5.41) is 11.3. The first kappa shape index (κ1) is 27.0. The highest BCUT2D eigenvalue weighted by Gasteiger charge is 2.37. The second kappa shape index (κ2) is 12.0. The van der Waals surface area contributed by atoms with Crippen molar-refractivity contribution in [1.82, 2.24) is 10.6 Å². The van der Waals surface area contributed by atoms with Crippen LogP contribution in [0, 0.1) is 11.8 Å². The normalized spacial score (nSPS) is 17.4. The Hall–Kier alpha value is -3.01. The Morgan fingerprint density at radius 1 is 0.838 bits per heavy atom. The highest BCUT2D eigenvalue weighted by atomic mass is 79.9. The molecule has 1 fully saturated rings. The standard InChI is InChI=1S/C28H30BrN3O4S/c29-22-14-10-19(11-15-22)16-17-31-27(33)24-5-3-6-25(24)28(34)32-18-20-8-12-21(13-9-20)23-4-1-2-7-26(23)37(30,35)36/h1-2,4,7-15,24-25H,3,5-6,16-18H2,(H,31,33)(H,32,34)(H2,30,35,36)/t24-,25-/m1/s1. The number of nitrogens with one attached hydrogen (secondary N) is 2. The molecule has 9 heteroatoms. The fourth-order valence-electron chi connectivity index (χ4n) is 4.78. The van der Waals surface area contributed by atoms with Crippen molar-refractivity contribution in [2.45, 2.75) is 37.1 Å². The Labute approximate surface area is 226 Å². The van der Waals surface area contributed by atoms with Crippen molar-refractivity contribution in [2.75, 3.05) is 6.54 Å². The monoisotopic (exact) mass is 583 g/mol. The molecule has 7 nitrogen and oxygen atoms in total. The fourth-order valence-corrected chi connectivity index (χ4v) is 5.80. The van der Waals surface area contributed by atoms with Crippen LogP contribution in [0.1, 0.15) is 30.4 Å². The van der Waals surface area contributed by atoms with E-state index >= 15 is 0 Å². The number of hydrogen-bond acceptors (Lipinski definition) is 4. The molecular weight excluding hydrogens is 554 g/mol. The molecule has 2 amide bonds. The lowest BCUT2D eigenvalue weighted by atomic mass is 9.94. The zero-order valence-electron chi connectivity index (χ0n) is 20.3. The van der Waals surface area contributed by atoms with E-state index in [0.29, 0.717) is 31.5 Å². The highest BCUT2D eigenvalue weighted by Crippen LogP contribution is 2.32. The summed E-state index contributed by atoms with van der Waals surface area (Å²) in [6.07, 6.45) is 2.99. The maximum Gasteiger partial charge on any atom is 0.238 e. The van der Waals surface area contributed by atoms with Crippen LogP contribution in [-0.2, 0) is 32.6 Å². The van der Waals surface area contributed by atoms with Gasteiger partial charge in [-0.15, -0.1) is 0 Å². The number of amides is 2. The lowest BCUT2D eigenvalue weighted by Gasteiger charge is -2.19. The Bertz CT molecular complexity index is 1360. The molecule has 1 aliphatic rings. The van der Waals surface area contributed by atoms with E-state index in [0.717, 1.165) is 34.0 Å². The number of carbonyl (C=O) groups is 2. The SMILES string of the molecule is NS(=O)(=O)c1ccccc1-c1ccc(CNC(=O)[C@@H]2CCC[C@H]2C(=O)NCCc2ccc(Br)cc2)cc1. The zero-order chi connectivity index (χ0) is 26.4. The summed E-state index contributed by atoms with van der Waals surface area (Å²) in [5.41, 5.74) is 3.26. The third kappa shape index (κ3) is 7.06. The molecule has 0 radical (unpaired) electrons. The van der Waals surface area contributed by atoms with Crippen LogP contribution >= 0.6 is 15.9 Å². The van der Waals surface area contributed by atoms with Crippen molar-refractivity contribution >= 4 is 37.8 Å². The second-order valence-corrected chi connectivity index (χ2v) is 11.7. The molecule has 0 saturated heterocycles. The summed E-state index contributed by atoms with van der Waals surface area (Å²) in [4.78, 5) is 25.8. The maximum atomic E-state index is 12.9. The lowest BCUT2D eigenvalue weighted by molar-refractivity contribution is -0.133. The third-order valence-electron chi connectivity index (χ3n) is 6.74.